The lowest BCUT2D eigenvalue weighted by atomic mass is 10.0. The number of piperidine rings is 1. The molecule has 0 radical (unpaired) electrons. The van der Waals surface area contributed by atoms with Crippen LogP contribution in [-0.4, -0.2) is 54.4 Å². The van der Waals surface area contributed by atoms with Crippen LogP contribution in [0.1, 0.15) is 19.3 Å². The van der Waals surface area contributed by atoms with E-state index in [0.29, 0.717) is 29.6 Å². The zero-order valence-corrected chi connectivity index (χ0v) is 16.0. The number of rotatable bonds is 5. The summed E-state index contributed by atoms with van der Waals surface area (Å²) in [6.07, 6.45) is 2.80. The number of nitrogens with zero attached hydrogens (tertiary/aromatic N) is 2. The Labute approximate surface area is 165 Å². The molecule has 150 valence electrons. The SMILES string of the molecule is O=C(CN1CCCCC1C1OCCO1)Nc1nc(-c2ccc(F)c(F)c2)cs1. The molecule has 2 aliphatic heterocycles. The van der Waals surface area contributed by atoms with Crippen LogP contribution < -0.4 is 5.32 Å². The van der Waals surface area contributed by atoms with Crippen molar-refractivity contribution in [3.63, 3.8) is 0 Å². The van der Waals surface area contributed by atoms with Crippen molar-refractivity contribution in [2.45, 2.75) is 31.6 Å². The molecule has 1 N–H and O–H groups in total. The first kappa shape index (κ1) is 19.4. The first-order chi connectivity index (χ1) is 13.6. The molecular formula is C19H21F2N3O3S. The monoisotopic (exact) mass is 409 g/mol. The van der Waals surface area contributed by atoms with Gasteiger partial charge in [-0.2, -0.15) is 0 Å². The predicted octanol–water partition coefficient (Wildman–Crippen LogP) is 3.25. The highest BCUT2D eigenvalue weighted by molar-refractivity contribution is 7.14. The molecule has 2 fully saturated rings. The van der Waals surface area contributed by atoms with Crippen molar-refractivity contribution in [1.29, 1.82) is 0 Å². The molecule has 2 saturated heterocycles. The quantitative estimate of drug-likeness (QED) is 0.821. The van der Waals surface area contributed by atoms with Crippen LogP contribution in [0.25, 0.3) is 11.3 Å². The number of carbonyl (C=O) groups excluding carboxylic acids is 1. The minimum absolute atomic E-state index is 0.0797. The highest BCUT2D eigenvalue weighted by Gasteiger charge is 2.34. The fourth-order valence-electron chi connectivity index (χ4n) is 3.58. The van der Waals surface area contributed by atoms with E-state index >= 15 is 0 Å². The van der Waals surface area contributed by atoms with Gasteiger partial charge in [0.1, 0.15) is 0 Å². The third-order valence-corrected chi connectivity index (χ3v) is 5.70. The Bertz CT molecular complexity index is 842. The van der Waals surface area contributed by atoms with E-state index in [2.05, 4.69) is 15.2 Å². The molecule has 0 aliphatic carbocycles. The fraction of sp³-hybridized carbons (Fsp3) is 0.474. The van der Waals surface area contributed by atoms with E-state index in [0.717, 1.165) is 37.9 Å². The van der Waals surface area contributed by atoms with Gasteiger partial charge in [0.25, 0.3) is 0 Å². The molecule has 1 aromatic heterocycles. The van der Waals surface area contributed by atoms with E-state index < -0.39 is 11.6 Å². The van der Waals surface area contributed by atoms with Crippen LogP contribution in [-0.2, 0) is 14.3 Å². The van der Waals surface area contributed by atoms with Gasteiger partial charge in [0.15, 0.2) is 23.1 Å². The van der Waals surface area contributed by atoms with E-state index in [1.54, 1.807) is 5.38 Å². The molecule has 1 amide bonds. The van der Waals surface area contributed by atoms with Gasteiger partial charge in [0.05, 0.1) is 31.5 Å². The molecule has 1 aromatic carbocycles. The third-order valence-electron chi connectivity index (χ3n) is 4.94. The first-order valence-corrected chi connectivity index (χ1v) is 10.2. The minimum atomic E-state index is -0.927. The molecule has 1 atom stereocenters. The van der Waals surface area contributed by atoms with Crippen molar-refractivity contribution in [1.82, 2.24) is 9.88 Å². The average molecular weight is 409 g/mol. The Balaban J connectivity index is 1.38. The Morgan fingerprint density at radius 1 is 1.25 bits per heavy atom. The Hall–Kier alpha value is -1.94. The standard InChI is InChI=1S/C19H21F2N3O3S/c20-13-5-4-12(9-14(13)21)15-11-28-19(22-15)23-17(25)10-24-6-2-1-3-16(24)18-26-7-8-27-18/h4-5,9,11,16,18H,1-3,6-8,10H2,(H,22,23,25). The number of anilines is 1. The number of aromatic nitrogens is 1. The average Bonchev–Trinajstić information content (AvgIpc) is 3.36. The first-order valence-electron chi connectivity index (χ1n) is 9.28. The maximum absolute atomic E-state index is 13.4. The van der Waals surface area contributed by atoms with Crippen molar-refractivity contribution >= 4 is 22.4 Å². The van der Waals surface area contributed by atoms with Gasteiger partial charge in [-0.15, -0.1) is 11.3 Å². The van der Waals surface area contributed by atoms with Crippen LogP contribution in [0, 0.1) is 11.6 Å². The van der Waals surface area contributed by atoms with Gasteiger partial charge in [-0.25, -0.2) is 13.8 Å². The normalized spacial score (nSPS) is 21.1. The number of halogens is 2. The summed E-state index contributed by atoms with van der Waals surface area (Å²) in [6.45, 7) is 2.23. The molecule has 9 heteroatoms. The minimum Gasteiger partial charge on any atom is -0.349 e. The summed E-state index contributed by atoms with van der Waals surface area (Å²) in [7, 11) is 0. The maximum atomic E-state index is 13.4. The van der Waals surface area contributed by atoms with E-state index in [1.807, 2.05) is 0 Å². The zero-order chi connectivity index (χ0) is 19.5. The van der Waals surface area contributed by atoms with Crippen LogP contribution in [0.15, 0.2) is 23.6 Å². The highest BCUT2D eigenvalue weighted by Crippen LogP contribution is 2.27. The van der Waals surface area contributed by atoms with E-state index in [9.17, 15) is 13.6 Å². The van der Waals surface area contributed by atoms with Crippen molar-refractivity contribution < 1.29 is 23.0 Å². The number of hydrogen-bond acceptors (Lipinski definition) is 6. The lowest BCUT2D eigenvalue weighted by molar-refractivity contribution is -0.127. The summed E-state index contributed by atoms with van der Waals surface area (Å²) in [5.74, 6) is -2.00. The van der Waals surface area contributed by atoms with Gasteiger partial charge in [0, 0.05) is 10.9 Å². The molecule has 2 aromatic rings. The van der Waals surface area contributed by atoms with Crippen molar-refractivity contribution in [2.75, 3.05) is 31.6 Å². The molecule has 0 saturated carbocycles. The molecule has 28 heavy (non-hydrogen) atoms. The van der Waals surface area contributed by atoms with Gasteiger partial charge in [-0.1, -0.05) is 6.42 Å². The van der Waals surface area contributed by atoms with Crippen LogP contribution in [0.5, 0.6) is 0 Å². The summed E-state index contributed by atoms with van der Waals surface area (Å²) < 4.78 is 37.8. The van der Waals surface area contributed by atoms with Gasteiger partial charge in [-0.05, 0) is 37.6 Å². The molecule has 0 spiro atoms. The van der Waals surface area contributed by atoms with Crippen molar-refractivity contribution in [3.05, 3.63) is 35.2 Å². The molecule has 2 aliphatic rings. The zero-order valence-electron chi connectivity index (χ0n) is 15.2. The number of amides is 1. The van der Waals surface area contributed by atoms with Crippen LogP contribution in [0.3, 0.4) is 0 Å². The number of benzene rings is 1. The molecule has 4 rings (SSSR count). The van der Waals surface area contributed by atoms with Crippen molar-refractivity contribution in [3.8, 4) is 11.3 Å². The summed E-state index contributed by atoms with van der Waals surface area (Å²) in [6, 6.07) is 3.69. The van der Waals surface area contributed by atoms with Gasteiger partial charge >= 0.3 is 0 Å². The topological polar surface area (TPSA) is 63.7 Å². The number of hydrogen-bond donors (Lipinski definition) is 1. The Kier molecular flexibility index (Phi) is 5.96. The second kappa shape index (κ2) is 8.60. The highest BCUT2D eigenvalue weighted by atomic mass is 32.1. The number of nitrogens with one attached hydrogen (secondary N) is 1. The fourth-order valence-corrected chi connectivity index (χ4v) is 4.32. The molecule has 3 heterocycles. The van der Waals surface area contributed by atoms with E-state index in [4.69, 9.17) is 9.47 Å². The summed E-state index contributed by atoms with van der Waals surface area (Å²) in [4.78, 5) is 18.9. The van der Waals surface area contributed by atoms with Gasteiger partial charge in [-0.3, -0.25) is 9.69 Å². The Morgan fingerprint density at radius 3 is 2.86 bits per heavy atom. The summed E-state index contributed by atoms with van der Waals surface area (Å²) >= 11 is 1.24. The lowest BCUT2D eigenvalue weighted by Gasteiger charge is -2.37. The molecule has 6 nitrogen and oxygen atoms in total. The number of thiazole rings is 1. The number of likely N-dealkylation sites (tertiary alicyclic amines) is 1. The van der Waals surface area contributed by atoms with Crippen LogP contribution in [0.2, 0.25) is 0 Å². The third kappa shape index (κ3) is 4.38. The lowest BCUT2D eigenvalue weighted by Crippen LogP contribution is -2.50. The largest absolute Gasteiger partial charge is 0.349 e. The smallest absolute Gasteiger partial charge is 0.240 e. The second-order valence-corrected chi connectivity index (χ2v) is 7.72. The number of ether oxygens (including phenoxy) is 2. The Morgan fingerprint density at radius 2 is 2.07 bits per heavy atom. The van der Waals surface area contributed by atoms with Gasteiger partial charge < -0.3 is 14.8 Å². The maximum Gasteiger partial charge on any atom is 0.240 e. The predicted molar refractivity (Wildman–Crippen MR) is 101 cm³/mol. The number of carbonyl (C=O) groups is 1. The molecular weight excluding hydrogens is 388 g/mol. The van der Waals surface area contributed by atoms with Crippen molar-refractivity contribution in [2.24, 2.45) is 0 Å². The summed E-state index contributed by atoms with van der Waals surface area (Å²) in [5, 5.41) is 4.92. The van der Waals surface area contributed by atoms with E-state index in [1.165, 1.54) is 17.4 Å². The molecule has 1 unspecified atom stereocenters. The van der Waals surface area contributed by atoms with Crippen LogP contribution >= 0.6 is 11.3 Å². The van der Waals surface area contributed by atoms with Gasteiger partial charge in [0.2, 0.25) is 5.91 Å². The van der Waals surface area contributed by atoms with Crippen LogP contribution in [0.4, 0.5) is 13.9 Å². The molecule has 0 bridgehead atoms. The second-order valence-electron chi connectivity index (χ2n) is 6.86. The summed E-state index contributed by atoms with van der Waals surface area (Å²) in [5.41, 5.74) is 0.949. The van der Waals surface area contributed by atoms with E-state index in [-0.39, 0.29) is 24.8 Å².